The van der Waals surface area contributed by atoms with Gasteiger partial charge in [-0.25, -0.2) is 0 Å². The van der Waals surface area contributed by atoms with E-state index in [-0.39, 0.29) is 5.41 Å². The molecule has 1 aliphatic carbocycles. The first-order chi connectivity index (χ1) is 5.99. The number of Topliss-reactive ketones (excluding diaryl/α,β-unsaturated/α-hetero) is 1. The van der Waals surface area contributed by atoms with Crippen molar-refractivity contribution < 1.29 is 4.79 Å². The van der Waals surface area contributed by atoms with Gasteiger partial charge in [0.15, 0.2) is 0 Å². The SMILES string of the molecule is C=C[C@@]1(C)CCC(=O)C[C@@H]1C(=C)C. The summed E-state index contributed by atoms with van der Waals surface area (Å²) >= 11 is 0. The average Bonchev–Trinajstić information content (AvgIpc) is 2.09. The number of carbonyl (C=O) groups is 1. The first-order valence-electron chi connectivity index (χ1n) is 4.80. The maximum atomic E-state index is 11.3. The normalized spacial score (nSPS) is 34.3. The molecule has 0 aromatic rings. The Labute approximate surface area is 80.5 Å². The molecular weight excluding hydrogens is 160 g/mol. The van der Waals surface area contributed by atoms with Crippen LogP contribution in [0.15, 0.2) is 24.8 Å². The van der Waals surface area contributed by atoms with Crippen molar-refractivity contribution >= 4 is 5.78 Å². The summed E-state index contributed by atoms with van der Waals surface area (Å²) in [7, 11) is 0. The Kier molecular flexibility index (Phi) is 2.74. The van der Waals surface area contributed by atoms with Gasteiger partial charge in [0.25, 0.3) is 0 Å². The second kappa shape index (κ2) is 3.49. The first kappa shape index (κ1) is 10.2. The van der Waals surface area contributed by atoms with Crippen molar-refractivity contribution in [1.82, 2.24) is 0 Å². The molecule has 0 N–H and O–H groups in total. The molecule has 72 valence electrons. The molecule has 13 heavy (non-hydrogen) atoms. The molecule has 0 bridgehead atoms. The van der Waals surface area contributed by atoms with Gasteiger partial charge in [0.05, 0.1) is 0 Å². The van der Waals surface area contributed by atoms with Crippen molar-refractivity contribution in [2.45, 2.75) is 33.1 Å². The summed E-state index contributed by atoms with van der Waals surface area (Å²) < 4.78 is 0. The summed E-state index contributed by atoms with van der Waals surface area (Å²) in [5.41, 5.74) is 1.19. The Bertz CT molecular complexity index is 252. The van der Waals surface area contributed by atoms with E-state index in [1.807, 2.05) is 13.0 Å². The zero-order valence-corrected chi connectivity index (χ0v) is 8.60. The van der Waals surface area contributed by atoms with E-state index in [4.69, 9.17) is 0 Å². The van der Waals surface area contributed by atoms with E-state index in [9.17, 15) is 4.79 Å². The van der Waals surface area contributed by atoms with Crippen LogP contribution in [0.2, 0.25) is 0 Å². The number of ketones is 1. The maximum Gasteiger partial charge on any atom is 0.133 e. The van der Waals surface area contributed by atoms with Gasteiger partial charge >= 0.3 is 0 Å². The molecule has 0 heterocycles. The van der Waals surface area contributed by atoms with Crippen molar-refractivity contribution in [2.75, 3.05) is 0 Å². The fourth-order valence-electron chi connectivity index (χ4n) is 2.13. The second-order valence-corrected chi connectivity index (χ2v) is 4.35. The number of hydrogen-bond acceptors (Lipinski definition) is 1. The topological polar surface area (TPSA) is 17.1 Å². The molecule has 1 fully saturated rings. The van der Waals surface area contributed by atoms with Gasteiger partial charge < -0.3 is 0 Å². The number of hydrogen-bond donors (Lipinski definition) is 0. The zero-order valence-electron chi connectivity index (χ0n) is 8.60. The molecule has 0 amide bonds. The quantitative estimate of drug-likeness (QED) is 0.594. The van der Waals surface area contributed by atoms with Crippen LogP contribution in [0.3, 0.4) is 0 Å². The predicted molar refractivity (Wildman–Crippen MR) is 55.5 cm³/mol. The van der Waals surface area contributed by atoms with Gasteiger partial charge in [0.2, 0.25) is 0 Å². The molecule has 0 radical (unpaired) electrons. The highest BCUT2D eigenvalue weighted by Gasteiger charge is 2.37. The maximum absolute atomic E-state index is 11.3. The van der Waals surface area contributed by atoms with Crippen LogP contribution in [0.25, 0.3) is 0 Å². The molecule has 0 saturated heterocycles. The van der Waals surface area contributed by atoms with E-state index < -0.39 is 0 Å². The van der Waals surface area contributed by atoms with E-state index >= 15 is 0 Å². The Balaban J connectivity index is 2.90. The second-order valence-electron chi connectivity index (χ2n) is 4.35. The van der Waals surface area contributed by atoms with Crippen LogP contribution < -0.4 is 0 Å². The van der Waals surface area contributed by atoms with Gasteiger partial charge in [-0.05, 0) is 24.7 Å². The molecule has 2 atom stereocenters. The van der Waals surface area contributed by atoms with Crippen molar-refractivity contribution in [2.24, 2.45) is 11.3 Å². The average molecular weight is 178 g/mol. The molecule has 1 heteroatoms. The summed E-state index contributed by atoms with van der Waals surface area (Å²) in [5.74, 6) is 0.665. The smallest absolute Gasteiger partial charge is 0.133 e. The van der Waals surface area contributed by atoms with E-state index in [1.54, 1.807) is 0 Å². The monoisotopic (exact) mass is 178 g/mol. The van der Waals surface area contributed by atoms with Crippen LogP contribution in [-0.2, 0) is 4.79 Å². The number of carbonyl (C=O) groups excluding carboxylic acids is 1. The van der Waals surface area contributed by atoms with E-state index in [0.29, 0.717) is 24.5 Å². The number of rotatable bonds is 2. The third kappa shape index (κ3) is 1.90. The Morgan fingerprint density at radius 1 is 1.69 bits per heavy atom. The zero-order chi connectivity index (χ0) is 10.1. The molecule has 1 aliphatic rings. The molecule has 1 nitrogen and oxygen atoms in total. The van der Waals surface area contributed by atoms with Crippen LogP contribution in [0.5, 0.6) is 0 Å². The molecule has 0 spiro atoms. The minimum atomic E-state index is 0.0831. The van der Waals surface area contributed by atoms with Gasteiger partial charge in [0.1, 0.15) is 5.78 Å². The van der Waals surface area contributed by atoms with Gasteiger partial charge in [-0.1, -0.05) is 25.2 Å². The van der Waals surface area contributed by atoms with Gasteiger partial charge in [-0.3, -0.25) is 4.79 Å². The van der Waals surface area contributed by atoms with Crippen LogP contribution in [0.4, 0.5) is 0 Å². The summed E-state index contributed by atoms with van der Waals surface area (Å²) in [5, 5.41) is 0. The first-order valence-corrected chi connectivity index (χ1v) is 4.80. The van der Waals surface area contributed by atoms with Gasteiger partial charge in [-0.15, -0.1) is 6.58 Å². The number of allylic oxidation sites excluding steroid dienone is 2. The standard InChI is InChI=1S/C12H18O/c1-5-12(4)7-6-10(13)8-11(12)9(2)3/h5,11H,1-2,6-8H2,3-4H3/t11-,12+/m1/s1. The van der Waals surface area contributed by atoms with Crippen molar-refractivity contribution in [3.05, 3.63) is 24.8 Å². The molecule has 0 aromatic carbocycles. The Morgan fingerprint density at radius 2 is 2.31 bits per heavy atom. The lowest BCUT2D eigenvalue weighted by Gasteiger charge is -2.39. The highest BCUT2D eigenvalue weighted by molar-refractivity contribution is 5.80. The highest BCUT2D eigenvalue weighted by atomic mass is 16.1. The lowest BCUT2D eigenvalue weighted by atomic mass is 9.65. The van der Waals surface area contributed by atoms with Crippen LogP contribution in [-0.4, -0.2) is 5.78 Å². The molecule has 0 unspecified atom stereocenters. The molecule has 0 aliphatic heterocycles. The summed E-state index contributed by atoms with van der Waals surface area (Å²) in [4.78, 5) is 11.3. The minimum absolute atomic E-state index is 0.0831. The van der Waals surface area contributed by atoms with Crippen LogP contribution in [0.1, 0.15) is 33.1 Å². The fraction of sp³-hybridized carbons (Fsp3) is 0.583. The Hall–Kier alpha value is -0.850. The lowest BCUT2D eigenvalue weighted by molar-refractivity contribution is -0.123. The lowest BCUT2D eigenvalue weighted by Crippen LogP contribution is -2.33. The molecule has 1 rings (SSSR count). The summed E-state index contributed by atoms with van der Waals surface area (Å²) in [6.45, 7) is 12.0. The Morgan fingerprint density at radius 3 is 2.77 bits per heavy atom. The van der Waals surface area contributed by atoms with Crippen molar-refractivity contribution in [3.63, 3.8) is 0 Å². The summed E-state index contributed by atoms with van der Waals surface area (Å²) in [6.07, 6.45) is 4.26. The van der Waals surface area contributed by atoms with Crippen molar-refractivity contribution in [1.29, 1.82) is 0 Å². The predicted octanol–water partition coefficient (Wildman–Crippen LogP) is 3.12. The largest absolute Gasteiger partial charge is 0.300 e. The minimum Gasteiger partial charge on any atom is -0.300 e. The third-order valence-electron chi connectivity index (χ3n) is 3.23. The van der Waals surface area contributed by atoms with E-state index in [0.717, 1.165) is 12.0 Å². The van der Waals surface area contributed by atoms with Crippen molar-refractivity contribution in [3.8, 4) is 0 Å². The van der Waals surface area contributed by atoms with Crippen LogP contribution >= 0.6 is 0 Å². The van der Waals surface area contributed by atoms with Gasteiger partial charge in [0, 0.05) is 12.8 Å². The highest BCUT2D eigenvalue weighted by Crippen LogP contribution is 2.43. The fourth-order valence-corrected chi connectivity index (χ4v) is 2.13. The van der Waals surface area contributed by atoms with Crippen LogP contribution in [0, 0.1) is 11.3 Å². The third-order valence-corrected chi connectivity index (χ3v) is 3.23. The van der Waals surface area contributed by atoms with E-state index in [2.05, 4.69) is 20.1 Å². The molecule has 0 aromatic heterocycles. The molecular formula is C12H18O. The van der Waals surface area contributed by atoms with Gasteiger partial charge in [-0.2, -0.15) is 0 Å². The molecule has 1 saturated carbocycles. The van der Waals surface area contributed by atoms with E-state index in [1.165, 1.54) is 0 Å². The summed E-state index contributed by atoms with van der Waals surface area (Å²) in [6, 6.07) is 0.